The number of benzene rings is 1. The Morgan fingerprint density at radius 3 is 2.45 bits per heavy atom. The lowest BCUT2D eigenvalue weighted by Crippen LogP contribution is -2.19. The first kappa shape index (κ1) is 23.0. The van der Waals surface area contributed by atoms with Gasteiger partial charge in [-0.2, -0.15) is 15.2 Å². The smallest absolute Gasteiger partial charge is 0.320 e. The van der Waals surface area contributed by atoms with Gasteiger partial charge in [-0.15, -0.1) is 0 Å². The van der Waals surface area contributed by atoms with Crippen LogP contribution in [0.1, 0.15) is 55.8 Å². The molecule has 0 amide bonds. The van der Waals surface area contributed by atoms with Crippen molar-refractivity contribution in [3.8, 4) is 12.1 Å². The van der Waals surface area contributed by atoms with Crippen LogP contribution in [-0.4, -0.2) is 50.3 Å². The molecule has 0 bridgehead atoms. The molecule has 174 valence electrons. The number of nitrogens with zero attached hydrogens (tertiary/aromatic N) is 5. The number of aliphatic hydroxyl groups is 1. The van der Waals surface area contributed by atoms with Crippen LogP contribution < -0.4 is 10.5 Å². The van der Waals surface area contributed by atoms with Crippen molar-refractivity contribution in [2.24, 2.45) is 0 Å². The predicted molar refractivity (Wildman–Crippen MR) is 128 cm³/mol. The number of rotatable bonds is 10. The third-order valence-electron chi connectivity index (χ3n) is 6.18. The normalized spacial score (nSPS) is 15.1. The van der Waals surface area contributed by atoms with Gasteiger partial charge in [-0.25, -0.2) is 0 Å². The van der Waals surface area contributed by atoms with Crippen molar-refractivity contribution in [3.05, 3.63) is 47.2 Å². The largest absolute Gasteiger partial charge is 0.460 e. The number of hydrogen-bond acceptors (Lipinski definition) is 7. The molecule has 2 aromatic heterocycles. The fraction of sp³-hybridized carbons (Fsp3) is 0.480. The van der Waals surface area contributed by atoms with Crippen LogP contribution in [0.5, 0.6) is 6.01 Å². The van der Waals surface area contributed by atoms with Crippen molar-refractivity contribution >= 4 is 16.9 Å². The molecule has 33 heavy (non-hydrogen) atoms. The SMILES string of the molecule is CCC[C@@H](CCO)Oc1nc(N)c2cc(C#N)n(Cc3ccc(CN4CCCC4)cc3)c2n1. The summed E-state index contributed by atoms with van der Waals surface area (Å²) in [4.78, 5) is 11.4. The molecule has 1 aliphatic heterocycles. The second-order valence-electron chi connectivity index (χ2n) is 8.70. The number of hydrogen-bond donors (Lipinski definition) is 2. The Hall–Kier alpha value is -3.15. The second-order valence-corrected chi connectivity index (χ2v) is 8.70. The van der Waals surface area contributed by atoms with Crippen molar-refractivity contribution in [2.45, 2.75) is 58.2 Å². The van der Waals surface area contributed by atoms with E-state index >= 15 is 0 Å². The quantitative estimate of drug-likeness (QED) is 0.488. The molecule has 3 heterocycles. The Balaban J connectivity index is 1.59. The number of likely N-dealkylation sites (tertiary alicyclic amines) is 1. The van der Waals surface area contributed by atoms with Crippen LogP contribution in [0.2, 0.25) is 0 Å². The zero-order valence-corrected chi connectivity index (χ0v) is 19.2. The minimum absolute atomic E-state index is 0.0328. The third kappa shape index (κ3) is 5.44. The third-order valence-corrected chi connectivity index (χ3v) is 6.18. The Bertz CT molecular complexity index is 1110. The molecule has 0 unspecified atom stereocenters. The fourth-order valence-corrected chi connectivity index (χ4v) is 4.44. The molecule has 1 fully saturated rings. The highest BCUT2D eigenvalue weighted by Crippen LogP contribution is 2.26. The zero-order valence-electron chi connectivity index (χ0n) is 19.2. The monoisotopic (exact) mass is 448 g/mol. The minimum atomic E-state index is -0.182. The van der Waals surface area contributed by atoms with Crippen LogP contribution in [0.3, 0.4) is 0 Å². The molecule has 0 saturated carbocycles. The lowest BCUT2D eigenvalue weighted by Gasteiger charge is -2.17. The summed E-state index contributed by atoms with van der Waals surface area (Å²) >= 11 is 0. The summed E-state index contributed by atoms with van der Waals surface area (Å²) in [5, 5.41) is 19.7. The van der Waals surface area contributed by atoms with E-state index in [1.807, 2.05) is 4.57 Å². The molecule has 8 heteroatoms. The summed E-state index contributed by atoms with van der Waals surface area (Å²) in [5.41, 5.74) is 9.63. The number of nitrogen functional groups attached to an aromatic ring is 1. The Morgan fingerprint density at radius 1 is 1.12 bits per heavy atom. The van der Waals surface area contributed by atoms with Crippen molar-refractivity contribution < 1.29 is 9.84 Å². The van der Waals surface area contributed by atoms with Crippen LogP contribution in [0.15, 0.2) is 30.3 Å². The van der Waals surface area contributed by atoms with Crippen molar-refractivity contribution in [1.29, 1.82) is 5.26 Å². The molecule has 1 atom stereocenters. The molecular weight excluding hydrogens is 416 g/mol. The van der Waals surface area contributed by atoms with Gasteiger partial charge in [0, 0.05) is 19.6 Å². The van der Waals surface area contributed by atoms with Gasteiger partial charge in [0.25, 0.3) is 0 Å². The van der Waals surface area contributed by atoms with Gasteiger partial charge in [0.2, 0.25) is 0 Å². The average Bonchev–Trinajstić information content (AvgIpc) is 3.44. The van der Waals surface area contributed by atoms with Crippen molar-refractivity contribution in [2.75, 3.05) is 25.4 Å². The minimum Gasteiger partial charge on any atom is -0.460 e. The predicted octanol–water partition coefficient (Wildman–Crippen LogP) is 3.46. The summed E-state index contributed by atoms with van der Waals surface area (Å²) in [6, 6.07) is 12.7. The molecular formula is C25H32N6O2. The molecule has 0 spiro atoms. The lowest BCUT2D eigenvalue weighted by molar-refractivity contribution is 0.135. The van der Waals surface area contributed by atoms with Gasteiger partial charge >= 0.3 is 6.01 Å². The van der Waals surface area contributed by atoms with E-state index in [9.17, 15) is 10.4 Å². The van der Waals surface area contributed by atoms with Crippen LogP contribution in [0, 0.1) is 11.3 Å². The number of nitrogens with two attached hydrogens (primary N) is 1. The van der Waals surface area contributed by atoms with Crippen molar-refractivity contribution in [1.82, 2.24) is 19.4 Å². The summed E-state index contributed by atoms with van der Waals surface area (Å²) in [6.45, 7) is 5.92. The number of anilines is 1. The molecule has 0 radical (unpaired) electrons. The van der Waals surface area contributed by atoms with Gasteiger partial charge in [0.15, 0.2) is 5.65 Å². The fourth-order valence-electron chi connectivity index (χ4n) is 4.44. The van der Waals surface area contributed by atoms with E-state index in [4.69, 9.17) is 10.5 Å². The number of aliphatic hydroxyl groups excluding tert-OH is 1. The molecule has 8 nitrogen and oxygen atoms in total. The maximum absolute atomic E-state index is 9.72. The molecule has 4 rings (SSSR count). The molecule has 1 aromatic carbocycles. The van der Waals surface area contributed by atoms with Gasteiger partial charge in [-0.05, 0) is 49.5 Å². The average molecular weight is 449 g/mol. The van der Waals surface area contributed by atoms with E-state index in [2.05, 4.69) is 52.1 Å². The van der Waals surface area contributed by atoms with E-state index in [0.29, 0.717) is 29.7 Å². The van der Waals surface area contributed by atoms with Crippen LogP contribution in [-0.2, 0) is 13.1 Å². The topological polar surface area (TPSA) is 113 Å². The van der Waals surface area contributed by atoms with Crippen LogP contribution in [0.4, 0.5) is 5.82 Å². The van der Waals surface area contributed by atoms with Crippen molar-refractivity contribution in [3.63, 3.8) is 0 Å². The van der Waals surface area contributed by atoms with Crippen LogP contribution in [0.25, 0.3) is 11.0 Å². The molecule has 1 aliphatic rings. The Labute approximate surface area is 194 Å². The number of ether oxygens (including phenoxy) is 1. The van der Waals surface area contributed by atoms with Gasteiger partial charge in [0.05, 0.1) is 11.9 Å². The second kappa shape index (κ2) is 10.6. The highest BCUT2D eigenvalue weighted by Gasteiger charge is 2.18. The van der Waals surface area contributed by atoms with Gasteiger partial charge in [-0.3, -0.25) is 4.90 Å². The first-order valence-corrected chi connectivity index (χ1v) is 11.8. The Kier molecular flexibility index (Phi) is 7.43. The summed E-state index contributed by atoms with van der Waals surface area (Å²) < 4.78 is 7.81. The van der Waals surface area contributed by atoms with E-state index < -0.39 is 0 Å². The maximum atomic E-state index is 9.72. The van der Waals surface area contributed by atoms with E-state index in [1.54, 1.807) is 6.07 Å². The molecule has 3 N–H and O–H groups in total. The van der Waals surface area contributed by atoms with E-state index in [1.165, 1.54) is 31.5 Å². The van der Waals surface area contributed by atoms with Crippen LogP contribution >= 0.6 is 0 Å². The summed E-state index contributed by atoms with van der Waals surface area (Å²) in [6.07, 6.45) is 4.60. The lowest BCUT2D eigenvalue weighted by atomic mass is 10.1. The number of nitriles is 1. The highest BCUT2D eigenvalue weighted by atomic mass is 16.5. The highest BCUT2D eigenvalue weighted by molar-refractivity contribution is 5.88. The van der Waals surface area contributed by atoms with Gasteiger partial charge in [0.1, 0.15) is 23.7 Å². The molecule has 0 aliphatic carbocycles. The summed E-state index contributed by atoms with van der Waals surface area (Å²) in [5.74, 6) is 0.283. The van der Waals surface area contributed by atoms with Gasteiger partial charge in [-0.1, -0.05) is 37.6 Å². The van der Waals surface area contributed by atoms with E-state index in [-0.39, 0.29) is 24.5 Å². The summed E-state index contributed by atoms with van der Waals surface area (Å²) in [7, 11) is 0. The first-order chi connectivity index (χ1) is 16.1. The van der Waals surface area contributed by atoms with Gasteiger partial charge < -0.3 is 20.1 Å². The standard InChI is InChI=1S/C25H32N6O2/c1-2-5-21(10-13-32)33-25-28-23(27)22-14-20(15-26)31(24(22)29-25)17-19-8-6-18(7-9-19)16-30-11-3-4-12-30/h6-9,14,21,32H,2-5,10-13,16-17H2,1H3,(H2,27,28,29)/t21-/m0/s1. The molecule has 1 saturated heterocycles. The number of aromatic nitrogens is 3. The zero-order chi connectivity index (χ0) is 23.2. The first-order valence-electron chi connectivity index (χ1n) is 11.8. The Morgan fingerprint density at radius 2 is 1.82 bits per heavy atom. The van der Waals surface area contributed by atoms with E-state index in [0.717, 1.165) is 24.9 Å². The maximum Gasteiger partial charge on any atom is 0.320 e. The number of fused-ring (bicyclic) bond motifs is 1. The molecule has 3 aromatic rings.